The lowest BCUT2D eigenvalue weighted by Crippen LogP contribution is -2.64. The van der Waals surface area contributed by atoms with Gasteiger partial charge in [-0.2, -0.15) is 0 Å². The summed E-state index contributed by atoms with van der Waals surface area (Å²) in [6.45, 7) is -1.35. The van der Waals surface area contributed by atoms with Crippen LogP contribution in [0, 0.1) is 0 Å². The molecule has 14 N–H and O–H groups in total. The highest BCUT2D eigenvalue weighted by Crippen LogP contribution is 2.28. The quantitative estimate of drug-likeness (QED) is 0.163. The maximum absolute atomic E-state index is 9.94. The summed E-state index contributed by atoms with van der Waals surface area (Å²) in [7, 11) is 0. The van der Waals surface area contributed by atoms with E-state index in [1.165, 1.54) is 0 Å². The van der Waals surface area contributed by atoms with Gasteiger partial charge in [0.05, 0.1) is 13.2 Å². The Kier molecular flexibility index (Phi) is 11.1. The van der Waals surface area contributed by atoms with Gasteiger partial charge in [-0.3, -0.25) is 0 Å². The highest BCUT2D eigenvalue weighted by Gasteiger charge is 2.50. The first-order valence-corrected chi connectivity index (χ1v) is 10.6. The number of aliphatic hydroxyl groups is 14. The van der Waals surface area contributed by atoms with Crippen LogP contribution >= 0.6 is 0 Å². The van der Waals surface area contributed by atoms with E-state index in [9.17, 15) is 35.7 Å². The minimum Gasteiger partial charge on any atom is -0.394 e. The van der Waals surface area contributed by atoms with Crippen LogP contribution in [0.15, 0.2) is 0 Å². The van der Waals surface area contributed by atoms with Gasteiger partial charge in [-0.15, -0.1) is 0 Å². The summed E-state index contributed by atoms with van der Waals surface area (Å²) in [4.78, 5) is 0. The summed E-state index contributed by atoms with van der Waals surface area (Å²) in [5, 5.41) is 130. The number of rotatable bonds is 4. The molecule has 0 spiro atoms. The van der Waals surface area contributed by atoms with Crippen molar-refractivity contribution in [3.8, 4) is 0 Å². The highest BCUT2D eigenvalue weighted by molar-refractivity contribution is 4.98. The van der Waals surface area contributed by atoms with Crippen LogP contribution < -0.4 is 0 Å². The molecule has 0 aromatic rings. The van der Waals surface area contributed by atoms with E-state index in [0.29, 0.717) is 0 Å². The van der Waals surface area contributed by atoms with Gasteiger partial charge in [0.1, 0.15) is 85.5 Å². The number of ether oxygens (including phenoxy) is 3. The molecule has 3 aliphatic rings. The van der Waals surface area contributed by atoms with E-state index in [2.05, 4.69) is 0 Å². The van der Waals surface area contributed by atoms with Crippen molar-refractivity contribution in [3.63, 3.8) is 0 Å². The summed E-state index contributed by atoms with van der Waals surface area (Å²) in [5.74, 6) is 0. The number of hydrogen-bond donors (Lipinski definition) is 14. The maximum Gasteiger partial charge on any atom is 0.187 e. The molecule has 208 valence electrons. The van der Waals surface area contributed by atoms with Crippen LogP contribution in [0.3, 0.4) is 0 Å². The lowest BCUT2D eigenvalue weighted by Gasteiger charge is -2.45. The molecule has 2 saturated heterocycles. The Morgan fingerprint density at radius 2 is 0.829 bits per heavy atom. The first-order chi connectivity index (χ1) is 16.3. The summed E-state index contributed by atoms with van der Waals surface area (Å²) in [6.07, 6.45) is -25.4. The second kappa shape index (κ2) is 12.7. The Morgan fingerprint density at radius 1 is 0.429 bits per heavy atom. The molecule has 35 heavy (non-hydrogen) atoms. The molecule has 3 rings (SSSR count). The van der Waals surface area contributed by atoms with Gasteiger partial charge in [-0.05, 0) is 0 Å². The third-order valence-electron chi connectivity index (χ3n) is 6.08. The summed E-state index contributed by atoms with van der Waals surface area (Å²) in [5.41, 5.74) is 0. The minimum atomic E-state index is -1.74. The highest BCUT2D eigenvalue weighted by atomic mass is 16.7. The Labute approximate surface area is 197 Å². The third kappa shape index (κ3) is 6.43. The molecule has 0 aromatic heterocycles. The summed E-state index contributed by atoms with van der Waals surface area (Å²) in [6, 6.07) is 0. The fraction of sp³-hybridized carbons (Fsp3) is 1.00. The van der Waals surface area contributed by atoms with E-state index >= 15 is 0 Å². The fourth-order valence-corrected chi connectivity index (χ4v) is 3.78. The van der Waals surface area contributed by atoms with Gasteiger partial charge in [-0.1, -0.05) is 0 Å². The van der Waals surface area contributed by atoms with E-state index in [4.69, 9.17) is 50.0 Å². The van der Waals surface area contributed by atoms with E-state index in [1.807, 2.05) is 0 Å². The Balaban J connectivity index is 0.000000303. The van der Waals surface area contributed by atoms with E-state index in [1.54, 1.807) is 0 Å². The smallest absolute Gasteiger partial charge is 0.187 e. The predicted molar refractivity (Wildman–Crippen MR) is 105 cm³/mol. The first-order valence-electron chi connectivity index (χ1n) is 10.6. The largest absolute Gasteiger partial charge is 0.394 e. The Hall–Kier alpha value is -0.680. The van der Waals surface area contributed by atoms with Crippen LogP contribution in [0.1, 0.15) is 0 Å². The van der Waals surface area contributed by atoms with Crippen molar-refractivity contribution in [2.75, 3.05) is 13.2 Å². The Morgan fingerprint density at radius 3 is 1.23 bits per heavy atom. The number of aliphatic hydroxyl groups excluding tert-OH is 14. The second-order valence-corrected chi connectivity index (χ2v) is 8.47. The lowest BCUT2D eigenvalue weighted by molar-refractivity contribution is -0.355. The molecule has 1 aliphatic carbocycles. The monoisotopic (exact) mass is 522 g/mol. The van der Waals surface area contributed by atoms with Crippen molar-refractivity contribution in [2.45, 2.75) is 98.0 Å². The molecule has 0 aromatic carbocycles. The van der Waals surface area contributed by atoms with Gasteiger partial charge in [0.2, 0.25) is 0 Å². The van der Waals surface area contributed by atoms with Crippen molar-refractivity contribution in [1.29, 1.82) is 0 Å². The lowest BCUT2D eigenvalue weighted by atomic mass is 9.85. The van der Waals surface area contributed by atoms with Crippen molar-refractivity contribution in [1.82, 2.24) is 0 Å². The topological polar surface area (TPSA) is 311 Å². The maximum atomic E-state index is 9.94. The van der Waals surface area contributed by atoms with Gasteiger partial charge in [0.25, 0.3) is 0 Å². The van der Waals surface area contributed by atoms with Gasteiger partial charge in [-0.25, -0.2) is 0 Å². The fourth-order valence-electron chi connectivity index (χ4n) is 3.78. The van der Waals surface area contributed by atoms with Crippen molar-refractivity contribution in [2.24, 2.45) is 0 Å². The molecule has 10 atom stereocenters. The molecule has 3 fully saturated rings. The Bertz CT molecular complexity index is 580. The van der Waals surface area contributed by atoms with Gasteiger partial charge in [0, 0.05) is 0 Å². The van der Waals surface area contributed by atoms with Crippen LogP contribution in [0.5, 0.6) is 0 Å². The zero-order valence-corrected chi connectivity index (χ0v) is 18.1. The van der Waals surface area contributed by atoms with Crippen LogP contribution in [0.4, 0.5) is 0 Å². The van der Waals surface area contributed by atoms with Crippen LogP contribution in [-0.4, -0.2) is 183 Å². The first kappa shape index (κ1) is 30.5. The molecule has 1 saturated carbocycles. The number of hydrogen-bond acceptors (Lipinski definition) is 17. The molecule has 0 radical (unpaired) electrons. The van der Waals surface area contributed by atoms with E-state index in [0.717, 1.165) is 0 Å². The normalized spacial score (nSPS) is 53.0. The van der Waals surface area contributed by atoms with Gasteiger partial charge >= 0.3 is 0 Å². The van der Waals surface area contributed by atoms with Crippen LogP contribution in [-0.2, 0) is 14.2 Å². The summed E-state index contributed by atoms with van der Waals surface area (Å²) < 4.78 is 15.3. The molecule has 2 aliphatic heterocycles. The van der Waals surface area contributed by atoms with Gasteiger partial charge in [0.15, 0.2) is 12.6 Å². The van der Waals surface area contributed by atoms with E-state index < -0.39 is 111 Å². The molecule has 17 heteroatoms. The summed E-state index contributed by atoms with van der Waals surface area (Å²) >= 11 is 0. The van der Waals surface area contributed by atoms with Crippen LogP contribution in [0.25, 0.3) is 0 Å². The molecule has 0 bridgehead atoms. The third-order valence-corrected chi connectivity index (χ3v) is 6.08. The molecule has 2 heterocycles. The van der Waals surface area contributed by atoms with Crippen LogP contribution in [0.2, 0.25) is 0 Å². The molecule has 0 unspecified atom stereocenters. The predicted octanol–water partition coefficient (Wildman–Crippen LogP) is -9.23. The zero-order valence-electron chi connectivity index (χ0n) is 18.1. The minimum absolute atomic E-state index is 0.667. The molecule has 17 nitrogen and oxygen atoms in total. The van der Waals surface area contributed by atoms with Crippen molar-refractivity contribution < 1.29 is 85.7 Å². The second-order valence-electron chi connectivity index (χ2n) is 8.47. The molecule has 0 amide bonds. The molecular formula is C18H34O17. The van der Waals surface area contributed by atoms with Gasteiger partial charge < -0.3 is 85.7 Å². The van der Waals surface area contributed by atoms with Crippen molar-refractivity contribution in [3.05, 3.63) is 0 Å². The average molecular weight is 522 g/mol. The molecular weight excluding hydrogens is 488 g/mol. The van der Waals surface area contributed by atoms with Crippen molar-refractivity contribution >= 4 is 0 Å². The standard InChI is InChI=1S/C12H22O11.C6H12O6/c13-1-3-5(15)6(16)9(19)12(22-3)23-10-4(2-14)21-11(20)8(18)7(10)17;7-1-2(8)4(10)6(12)5(11)3(1)9/h3-20H,1-2H2;1-12H/t3-,4-,5-,6+,7-,8-,9-,10-,11-,12+;/m1./s1. The average Bonchev–Trinajstić information content (AvgIpc) is 2.85. The SMILES string of the molecule is OC1C(O)C(O)C(O)C(O)C1O.OC[C@H]1O[C@@H](O[C@H]2[C@H](O)[C@@H](O)[C@H](O)O[C@@H]2CO)[C@H](O)[C@@H](O)[C@@H]1O. The zero-order chi connectivity index (χ0) is 26.8. The van der Waals surface area contributed by atoms with E-state index in [-0.39, 0.29) is 0 Å².